The van der Waals surface area contributed by atoms with Gasteiger partial charge in [0.05, 0.1) is 5.39 Å². The van der Waals surface area contributed by atoms with E-state index in [0.29, 0.717) is 21.9 Å². The Morgan fingerprint density at radius 2 is 1.80 bits per heavy atom. The zero-order chi connectivity index (χ0) is 14.1. The highest BCUT2D eigenvalue weighted by Gasteiger charge is 2.14. The molecule has 20 heavy (non-hydrogen) atoms. The summed E-state index contributed by atoms with van der Waals surface area (Å²) < 4.78 is 18.6. The Balaban J connectivity index is 2.44. The van der Waals surface area contributed by atoms with Gasteiger partial charge in [-0.25, -0.2) is 9.18 Å². The number of fused-ring (bicyclic) bond motifs is 1. The molecule has 0 unspecified atom stereocenters. The van der Waals surface area contributed by atoms with Gasteiger partial charge in [-0.15, -0.1) is 0 Å². The number of aliphatic hydroxyl groups is 1. The second-order valence-electron chi connectivity index (χ2n) is 4.40. The molecular weight excluding hydrogens is 259 g/mol. The predicted octanol–water partition coefficient (Wildman–Crippen LogP) is 3.09. The molecule has 0 amide bonds. The van der Waals surface area contributed by atoms with Crippen molar-refractivity contribution < 1.29 is 13.9 Å². The Kier molecular flexibility index (Phi) is 3.08. The summed E-state index contributed by atoms with van der Waals surface area (Å²) in [6.45, 7) is -0.425. The van der Waals surface area contributed by atoms with E-state index >= 15 is 0 Å². The van der Waals surface area contributed by atoms with Crippen molar-refractivity contribution in [3.8, 4) is 11.1 Å². The summed E-state index contributed by atoms with van der Waals surface area (Å²) in [5.41, 5.74) is 0.598. The molecule has 0 radical (unpaired) electrons. The van der Waals surface area contributed by atoms with Crippen LogP contribution in [0.1, 0.15) is 5.76 Å². The van der Waals surface area contributed by atoms with Crippen LogP contribution in [-0.2, 0) is 6.61 Å². The van der Waals surface area contributed by atoms with Crippen LogP contribution in [0.2, 0.25) is 0 Å². The van der Waals surface area contributed by atoms with Crippen molar-refractivity contribution >= 4 is 10.8 Å². The van der Waals surface area contributed by atoms with Crippen LogP contribution in [0.15, 0.2) is 57.7 Å². The van der Waals surface area contributed by atoms with Gasteiger partial charge in [0.15, 0.2) is 0 Å². The molecule has 3 nitrogen and oxygen atoms in total. The molecule has 0 aliphatic heterocycles. The van der Waals surface area contributed by atoms with Crippen LogP contribution in [0.3, 0.4) is 0 Å². The molecule has 0 saturated carbocycles. The van der Waals surface area contributed by atoms with Gasteiger partial charge < -0.3 is 9.52 Å². The minimum Gasteiger partial charge on any atom is -0.424 e. The summed E-state index contributed by atoms with van der Waals surface area (Å²) in [5.74, 6) is -0.249. The van der Waals surface area contributed by atoms with Crippen molar-refractivity contribution in [2.45, 2.75) is 6.61 Å². The molecule has 1 heterocycles. The molecule has 0 fully saturated rings. The third kappa shape index (κ3) is 2.00. The van der Waals surface area contributed by atoms with E-state index in [-0.39, 0.29) is 11.6 Å². The normalized spacial score (nSPS) is 10.9. The molecule has 0 bridgehead atoms. The molecule has 0 spiro atoms. The van der Waals surface area contributed by atoms with Gasteiger partial charge in [0.25, 0.3) is 0 Å². The Bertz CT molecular complexity index is 836. The molecule has 0 atom stereocenters. The first-order chi connectivity index (χ1) is 9.70. The topological polar surface area (TPSA) is 50.4 Å². The number of benzene rings is 2. The highest BCUT2D eigenvalue weighted by molar-refractivity contribution is 5.96. The monoisotopic (exact) mass is 270 g/mol. The van der Waals surface area contributed by atoms with Crippen LogP contribution in [-0.4, -0.2) is 5.11 Å². The molecular formula is C16H11FO3. The zero-order valence-electron chi connectivity index (χ0n) is 10.5. The van der Waals surface area contributed by atoms with Gasteiger partial charge in [-0.2, -0.15) is 0 Å². The lowest BCUT2D eigenvalue weighted by molar-refractivity contribution is 0.242. The van der Waals surface area contributed by atoms with Crippen LogP contribution >= 0.6 is 0 Å². The van der Waals surface area contributed by atoms with Gasteiger partial charge in [0.2, 0.25) is 0 Å². The lowest BCUT2D eigenvalue weighted by Crippen LogP contribution is -2.05. The second-order valence-corrected chi connectivity index (χ2v) is 4.40. The summed E-state index contributed by atoms with van der Waals surface area (Å²) in [5, 5.41) is 10.5. The van der Waals surface area contributed by atoms with Gasteiger partial charge in [0.1, 0.15) is 18.2 Å². The fourth-order valence-corrected chi connectivity index (χ4v) is 2.32. The number of hydrogen-bond acceptors (Lipinski definition) is 3. The molecule has 0 aliphatic rings. The van der Waals surface area contributed by atoms with E-state index in [1.165, 1.54) is 12.1 Å². The van der Waals surface area contributed by atoms with E-state index < -0.39 is 12.2 Å². The molecule has 1 N–H and O–H groups in total. The standard InChI is InChI=1S/C16H11FO3/c17-11-5-3-4-10(8-11)15-12-6-1-2-7-13(12)16(19)20-14(15)9-18/h1-8,18H,9H2. The Morgan fingerprint density at radius 1 is 1.05 bits per heavy atom. The minimum absolute atomic E-state index is 0.138. The molecule has 100 valence electrons. The maximum absolute atomic E-state index is 13.4. The van der Waals surface area contributed by atoms with Gasteiger partial charge >= 0.3 is 5.63 Å². The van der Waals surface area contributed by atoms with E-state index in [1.54, 1.807) is 36.4 Å². The number of rotatable bonds is 2. The van der Waals surface area contributed by atoms with Crippen molar-refractivity contribution in [1.29, 1.82) is 0 Å². The largest absolute Gasteiger partial charge is 0.424 e. The molecule has 3 rings (SSSR count). The van der Waals surface area contributed by atoms with Crippen molar-refractivity contribution in [2.24, 2.45) is 0 Å². The van der Waals surface area contributed by atoms with Crippen LogP contribution in [0.5, 0.6) is 0 Å². The van der Waals surface area contributed by atoms with Crippen molar-refractivity contribution in [3.05, 3.63) is 70.5 Å². The molecule has 1 aromatic heterocycles. The summed E-state index contributed by atoms with van der Waals surface area (Å²) >= 11 is 0. The van der Waals surface area contributed by atoms with Crippen LogP contribution in [0, 0.1) is 5.82 Å². The van der Waals surface area contributed by atoms with Crippen LogP contribution < -0.4 is 5.63 Å². The third-order valence-electron chi connectivity index (χ3n) is 3.17. The average Bonchev–Trinajstić information content (AvgIpc) is 2.47. The summed E-state index contributed by atoms with van der Waals surface area (Å²) in [7, 11) is 0. The van der Waals surface area contributed by atoms with Crippen molar-refractivity contribution in [1.82, 2.24) is 0 Å². The van der Waals surface area contributed by atoms with Gasteiger partial charge in [0, 0.05) is 10.9 Å². The fraction of sp³-hybridized carbons (Fsp3) is 0.0625. The molecule has 2 aromatic carbocycles. The summed E-state index contributed by atoms with van der Waals surface area (Å²) in [6, 6.07) is 12.9. The molecule has 4 heteroatoms. The van der Waals surface area contributed by atoms with Crippen LogP contribution in [0.4, 0.5) is 4.39 Å². The zero-order valence-corrected chi connectivity index (χ0v) is 10.5. The van der Waals surface area contributed by atoms with Gasteiger partial charge in [-0.3, -0.25) is 0 Å². The summed E-state index contributed by atoms with van der Waals surface area (Å²) in [6.07, 6.45) is 0. The first kappa shape index (κ1) is 12.6. The number of halogens is 1. The highest BCUT2D eigenvalue weighted by atomic mass is 19.1. The SMILES string of the molecule is O=c1oc(CO)c(-c2cccc(F)c2)c2ccccc12. The maximum atomic E-state index is 13.4. The smallest absolute Gasteiger partial charge is 0.343 e. The number of hydrogen-bond donors (Lipinski definition) is 1. The quantitative estimate of drug-likeness (QED) is 0.778. The maximum Gasteiger partial charge on any atom is 0.343 e. The predicted molar refractivity (Wildman–Crippen MR) is 73.8 cm³/mol. The third-order valence-corrected chi connectivity index (χ3v) is 3.17. The van der Waals surface area contributed by atoms with Gasteiger partial charge in [-0.05, 0) is 23.8 Å². The van der Waals surface area contributed by atoms with E-state index in [9.17, 15) is 14.3 Å². The molecule has 0 aliphatic carbocycles. The Hall–Kier alpha value is -2.46. The van der Waals surface area contributed by atoms with Crippen LogP contribution in [0.25, 0.3) is 21.9 Å². The second kappa shape index (κ2) is 4.90. The summed E-state index contributed by atoms with van der Waals surface area (Å²) in [4.78, 5) is 11.9. The average molecular weight is 270 g/mol. The van der Waals surface area contributed by atoms with Crippen molar-refractivity contribution in [3.63, 3.8) is 0 Å². The first-order valence-electron chi connectivity index (χ1n) is 6.12. The first-order valence-corrected chi connectivity index (χ1v) is 6.12. The van der Waals surface area contributed by atoms with E-state index in [2.05, 4.69) is 0 Å². The van der Waals surface area contributed by atoms with E-state index in [1.807, 2.05) is 0 Å². The molecule has 0 saturated heterocycles. The fourth-order valence-electron chi connectivity index (χ4n) is 2.32. The van der Waals surface area contributed by atoms with Crippen molar-refractivity contribution in [2.75, 3.05) is 0 Å². The lowest BCUT2D eigenvalue weighted by atomic mass is 9.98. The van der Waals surface area contributed by atoms with E-state index in [4.69, 9.17) is 4.42 Å². The highest BCUT2D eigenvalue weighted by Crippen LogP contribution is 2.30. The van der Waals surface area contributed by atoms with E-state index in [0.717, 1.165) is 0 Å². The minimum atomic E-state index is -0.509. The lowest BCUT2D eigenvalue weighted by Gasteiger charge is -2.10. The van der Waals surface area contributed by atoms with Gasteiger partial charge in [-0.1, -0.05) is 30.3 Å². The Labute approximate surface area is 113 Å². The molecule has 3 aromatic rings. The number of aliphatic hydroxyl groups excluding tert-OH is 1. The Morgan fingerprint density at radius 3 is 2.50 bits per heavy atom.